The first-order valence-electron chi connectivity index (χ1n) is 9.63. The van der Waals surface area contributed by atoms with E-state index in [0.29, 0.717) is 17.1 Å². The molecule has 1 atom stereocenters. The number of aromatic nitrogens is 4. The van der Waals surface area contributed by atoms with Crippen LogP contribution in [0, 0.1) is 0 Å². The van der Waals surface area contributed by atoms with Crippen molar-refractivity contribution in [1.29, 1.82) is 0 Å². The van der Waals surface area contributed by atoms with Gasteiger partial charge >= 0.3 is 5.69 Å². The van der Waals surface area contributed by atoms with Gasteiger partial charge in [-0.2, -0.15) is 4.98 Å². The van der Waals surface area contributed by atoms with E-state index in [1.165, 1.54) is 18.0 Å². The fraction of sp³-hybridized carbons (Fsp3) is 0.450. The third kappa shape index (κ3) is 3.03. The Hall–Kier alpha value is -2.87. The molecule has 8 nitrogen and oxygen atoms in total. The quantitative estimate of drug-likeness (QED) is 0.731. The van der Waals surface area contributed by atoms with E-state index in [1.54, 1.807) is 11.6 Å². The molecule has 1 saturated heterocycles. The summed E-state index contributed by atoms with van der Waals surface area (Å²) in [6.45, 7) is 1.89. The molecule has 8 heteroatoms. The first-order chi connectivity index (χ1) is 13.5. The minimum Gasteiger partial charge on any atom is -0.387 e. The average Bonchev–Trinajstić information content (AvgIpc) is 3.11. The SMILES string of the molecule is Cn1c(=O)c2c(nc(N3CCCCC3)n2C[C@@H](O)c2ccccc2)n(C)c1=O. The van der Waals surface area contributed by atoms with Crippen molar-refractivity contribution in [2.24, 2.45) is 14.1 Å². The Morgan fingerprint density at radius 1 is 1.04 bits per heavy atom. The number of hydrogen-bond donors (Lipinski definition) is 1. The van der Waals surface area contributed by atoms with Gasteiger partial charge in [-0.1, -0.05) is 30.3 Å². The normalized spacial score (nSPS) is 15.9. The van der Waals surface area contributed by atoms with Gasteiger partial charge in [0.25, 0.3) is 5.56 Å². The van der Waals surface area contributed by atoms with Gasteiger partial charge in [0.05, 0.1) is 12.6 Å². The number of imidazole rings is 1. The molecule has 3 heterocycles. The Labute approximate surface area is 162 Å². The van der Waals surface area contributed by atoms with Crippen LogP contribution in [0.3, 0.4) is 0 Å². The van der Waals surface area contributed by atoms with E-state index in [2.05, 4.69) is 9.88 Å². The standard InChI is InChI=1S/C20H25N5O3/c1-22-17-16(18(27)23(2)20(22)28)25(13-15(26)14-9-5-3-6-10-14)19(21-17)24-11-7-4-8-12-24/h3,5-6,9-10,15,26H,4,7-8,11-13H2,1-2H3/t15-/m1/s1. The lowest BCUT2D eigenvalue weighted by Crippen LogP contribution is -2.38. The highest BCUT2D eigenvalue weighted by Gasteiger charge is 2.25. The highest BCUT2D eigenvalue weighted by atomic mass is 16.3. The number of hydrogen-bond acceptors (Lipinski definition) is 5. The van der Waals surface area contributed by atoms with Crippen LogP contribution in [0.4, 0.5) is 5.95 Å². The zero-order valence-electron chi connectivity index (χ0n) is 16.2. The first-order valence-corrected chi connectivity index (χ1v) is 9.63. The zero-order valence-corrected chi connectivity index (χ0v) is 16.2. The molecular formula is C20H25N5O3. The Kier molecular flexibility index (Phi) is 4.80. The molecule has 0 bridgehead atoms. The van der Waals surface area contributed by atoms with E-state index in [-0.39, 0.29) is 6.54 Å². The molecule has 148 valence electrons. The molecule has 2 aromatic heterocycles. The lowest BCUT2D eigenvalue weighted by Gasteiger charge is -2.28. The number of aliphatic hydroxyl groups is 1. The van der Waals surface area contributed by atoms with Crippen molar-refractivity contribution in [2.45, 2.75) is 31.9 Å². The van der Waals surface area contributed by atoms with E-state index in [0.717, 1.165) is 36.1 Å². The number of aliphatic hydroxyl groups excluding tert-OH is 1. The molecule has 0 saturated carbocycles. The summed E-state index contributed by atoms with van der Waals surface area (Å²) in [5.41, 5.74) is 0.676. The largest absolute Gasteiger partial charge is 0.387 e. The van der Waals surface area contributed by atoms with E-state index in [9.17, 15) is 14.7 Å². The molecule has 0 amide bonds. The zero-order chi connectivity index (χ0) is 19.8. The highest BCUT2D eigenvalue weighted by molar-refractivity contribution is 5.74. The van der Waals surface area contributed by atoms with Crippen molar-refractivity contribution >= 4 is 17.1 Å². The molecule has 1 fully saturated rings. The minimum absolute atomic E-state index is 0.194. The van der Waals surface area contributed by atoms with Crippen LogP contribution in [0.25, 0.3) is 11.2 Å². The molecule has 4 rings (SSSR count). The molecule has 1 aliphatic rings. The fourth-order valence-corrected chi connectivity index (χ4v) is 3.90. The van der Waals surface area contributed by atoms with Crippen LogP contribution < -0.4 is 16.1 Å². The monoisotopic (exact) mass is 383 g/mol. The second-order valence-electron chi connectivity index (χ2n) is 7.37. The van der Waals surface area contributed by atoms with Crippen LogP contribution in [-0.4, -0.2) is 36.9 Å². The number of anilines is 1. The molecule has 0 spiro atoms. The van der Waals surface area contributed by atoms with Crippen LogP contribution in [0.5, 0.6) is 0 Å². The summed E-state index contributed by atoms with van der Waals surface area (Å²) in [4.78, 5) is 32.1. The third-order valence-corrected chi connectivity index (χ3v) is 5.51. The maximum Gasteiger partial charge on any atom is 0.332 e. The predicted octanol–water partition coefficient (Wildman–Crippen LogP) is 1.16. The van der Waals surface area contributed by atoms with Gasteiger partial charge in [0.2, 0.25) is 5.95 Å². The Morgan fingerprint density at radius 2 is 1.71 bits per heavy atom. The van der Waals surface area contributed by atoms with E-state index < -0.39 is 17.4 Å². The van der Waals surface area contributed by atoms with Crippen molar-refractivity contribution in [3.8, 4) is 0 Å². The summed E-state index contributed by atoms with van der Waals surface area (Å²) in [7, 11) is 3.09. The van der Waals surface area contributed by atoms with Crippen LogP contribution in [0.15, 0.2) is 39.9 Å². The van der Waals surface area contributed by atoms with Crippen molar-refractivity contribution in [1.82, 2.24) is 18.7 Å². The number of benzene rings is 1. The average molecular weight is 383 g/mol. The van der Waals surface area contributed by atoms with Gasteiger partial charge in [0.15, 0.2) is 11.2 Å². The molecule has 28 heavy (non-hydrogen) atoms. The van der Waals surface area contributed by atoms with Gasteiger partial charge in [0, 0.05) is 27.2 Å². The summed E-state index contributed by atoms with van der Waals surface area (Å²) in [5, 5.41) is 10.8. The van der Waals surface area contributed by atoms with Crippen LogP contribution in [0.1, 0.15) is 30.9 Å². The maximum atomic E-state index is 12.9. The predicted molar refractivity (Wildman–Crippen MR) is 108 cm³/mol. The fourth-order valence-electron chi connectivity index (χ4n) is 3.90. The second kappa shape index (κ2) is 7.27. The van der Waals surface area contributed by atoms with Gasteiger partial charge < -0.3 is 14.6 Å². The number of fused-ring (bicyclic) bond motifs is 1. The number of rotatable bonds is 4. The molecule has 1 aliphatic heterocycles. The Bertz CT molecular complexity index is 1110. The summed E-state index contributed by atoms with van der Waals surface area (Å²) in [6, 6.07) is 9.36. The minimum atomic E-state index is -0.788. The van der Waals surface area contributed by atoms with E-state index in [1.807, 2.05) is 30.3 Å². The van der Waals surface area contributed by atoms with Gasteiger partial charge in [-0.3, -0.25) is 13.9 Å². The number of aryl methyl sites for hydroxylation is 1. The van der Waals surface area contributed by atoms with Crippen LogP contribution in [-0.2, 0) is 20.6 Å². The van der Waals surface area contributed by atoms with Crippen molar-refractivity contribution in [3.63, 3.8) is 0 Å². The Balaban J connectivity index is 1.90. The summed E-state index contributed by atoms with van der Waals surface area (Å²) in [5.74, 6) is 0.642. The highest BCUT2D eigenvalue weighted by Crippen LogP contribution is 2.26. The van der Waals surface area contributed by atoms with Crippen molar-refractivity contribution in [3.05, 3.63) is 56.7 Å². The first kappa shape index (κ1) is 18.5. The molecule has 0 aliphatic carbocycles. The smallest absolute Gasteiger partial charge is 0.332 e. The number of piperidine rings is 1. The topological polar surface area (TPSA) is 85.3 Å². The molecular weight excluding hydrogens is 358 g/mol. The van der Waals surface area contributed by atoms with Crippen molar-refractivity contribution < 1.29 is 5.11 Å². The van der Waals surface area contributed by atoms with E-state index >= 15 is 0 Å². The second-order valence-corrected chi connectivity index (χ2v) is 7.37. The molecule has 3 aromatic rings. The molecule has 0 radical (unpaired) electrons. The summed E-state index contributed by atoms with van der Waals surface area (Å²) in [6.07, 6.45) is 2.50. The van der Waals surface area contributed by atoms with Gasteiger partial charge in [-0.15, -0.1) is 0 Å². The van der Waals surface area contributed by atoms with Gasteiger partial charge in [0.1, 0.15) is 0 Å². The van der Waals surface area contributed by atoms with Gasteiger partial charge in [-0.05, 0) is 24.8 Å². The van der Waals surface area contributed by atoms with E-state index in [4.69, 9.17) is 0 Å². The molecule has 1 N–H and O–H groups in total. The lowest BCUT2D eigenvalue weighted by molar-refractivity contribution is 0.158. The maximum absolute atomic E-state index is 12.9. The van der Waals surface area contributed by atoms with Gasteiger partial charge in [-0.25, -0.2) is 4.79 Å². The van der Waals surface area contributed by atoms with Crippen LogP contribution in [0.2, 0.25) is 0 Å². The summed E-state index contributed by atoms with van der Waals surface area (Å²) >= 11 is 0. The Morgan fingerprint density at radius 3 is 2.39 bits per heavy atom. The molecule has 1 aromatic carbocycles. The van der Waals surface area contributed by atoms with Crippen molar-refractivity contribution in [2.75, 3.05) is 18.0 Å². The lowest BCUT2D eigenvalue weighted by atomic mass is 10.1. The molecule has 0 unspecified atom stereocenters. The summed E-state index contributed by atoms with van der Waals surface area (Å²) < 4.78 is 4.27. The third-order valence-electron chi connectivity index (χ3n) is 5.51. The van der Waals surface area contributed by atoms with Crippen LogP contribution >= 0.6 is 0 Å². The number of nitrogens with zero attached hydrogens (tertiary/aromatic N) is 5.